The minimum absolute atomic E-state index is 0. The molecule has 2 aliphatic rings. The Labute approximate surface area is 278 Å². The molecule has 8 heteroatoms. The van der Waals surface area contributed by atoms with Crippen molar-refractivity contribution in [2.75, 3.05) is 0 Å². The Hall–Kier alpha value is -4.87. The monoisotopic (exact) mass is 790 g/mol. The van der Waals surface area contributed by atoms with E-state index in [-0.39, 0.29) is 61.7 Å². The van der Waals surface area contributed by atoms with Crippen molar-refractivity contribution in [3.63, 3.8) is 0 Å². The minimum atomic E-state index is -0.716. The zero-order chi connectivity index (χ0) is 30.7. The largest absolute Gasteiger partial charge is 0.514 e. The molecule has 6 aromatic rings. The van der Waals surface area contributed by atoms with E-state index in [9.17, 15) is 5.11 Å². The summed E-state index contributed by atoms with van der Waals surface area (Å²) in [4.78, 5) is 9.51. The van der Waals surface area contributed by atoms with Crippen molar-refractivity contribution >= 4 is 16.8 Å². The van der Waals surface area contributed by atoms with Crippen LogP contribution < -0.4 is 4.74 Å². The molecule has 0 saturated carbocycles. The molecule has 5 nitrogen and oxygen atoms in total. The molecule has 0 radical (unpaired) electrons. The summed E-state index contributed by atoms with van der Waals surface area (Å²) in [5.74, 6) is -0.759. The van der Waals surface area contributed by atoms with Crippen LogP contribution in [0.25, 0.3) is 33.2 Å². The standard InChI is InChI=1S/C38H25F2N2O3.Pt/c1-21-15-23-13-14-34(41-36(23)32(43)16-21)44-26-18-24(35-30(39)11-6-12-31(35)40)17-25(19-26)38-42-37-29-10-5-4-9-28(29)27-8-3-2-7-22(27)20-33(37)45-38;/h2-18,33,37,43H,20H2,1H3;/q-1;/t33-,37+;/m1./s1. The van der Waals surface area contributed by atoms with E-state index in [1.807, 2.05) is 37.3 Å². The zero-order valence-electron chi connectivity index (χ0n) is 24.4. The van der Waals surface area contributed by atoms with Gasteiger partial charge in [-0.05, 0) is 65.1 Å². The summed E-state index contributed by atoms with van der Waals surface area (Å²) >= 11 is 0. The van der Waals surface area contributed by atoms with Crippen LogP contribution in [0, 0.1) is 24.6 Å². The van der Waals surface area contributed by atoms with E-state index in [0.29, 0.717) is 23.4 Å². The molecule has 1 aromatic heterocycles. The first-order valence-electron chi connectivity index (χ1n) is 14.6. The third-order valence-corrected chi connectivity index (χ3v) is 8.31. The third-order valence-electron chi connectivity index (χ3n) is 8.31. The van der Waals surface area contributed by atoms with Gasteiger partial charge in [-0.3, -0.25) is 4.99 Å². The van der Waals surface area contributed by atoms with E-state index in [2.05, 4.69) is 35.3 Å². The van der Waals surface area contributed by atoms with Crippen LogP contribution in [0.4, 0.5) is 8.78 Å². The van der Waals surface area contributed by atoms with Gasteiger partial charge in [0.2, 0.25) is 5.88 Å². The fourth-order valence-corrected chi connectivity index (χ4v) is 6.33. The second-order valence-electron chi connectivity index (χ2n) is 11.3. The summed E-state index contributed by atoms with van der Waals surface area (Å²) in [7, 11) is 0. The van der Waals surface area contributed by atoms with E-state index in [1.165, 1.54) is 24.3 Å². The molecule has 1 N–H and O–H groups in total. The van der Waals surface area contributed by atoms with Gasteiger partial charge < -0.3 is 14.6 Å². The Morgan fingerprint density at radius 1 is 0.870 bits per heavy atom. The average Bonchev–Trinajstić information content (AvgIpc) is 3.40. The van der Waals surface area contributed by atoms with Crippen molar-refractivity contribution in [2.45, 2.75) is 25.5 Å². The van der Waals surface area contributed by atoms with Crippen LogP contribution >= 0.6 is 0 Å². The van der Waals surface area contributed by atoms with Crippen molar-refractivity contribution in [1.29, 1.82) is 0 Å². The number of phenols is 1. The number of benzene rings is 5. The maximum absolute atomic E-state index is 15.1. The molecule has 0 bridgehead atoms. The number of fused-ring (bicyclic) bond motifs is 6. The number of aryl methyl sites for hydroxylation is 1. The molecule has 1 aliphatic heterocycles. The molecule has 0 saturated heterocycles. The summed E-state index contributed by atoms with van der Waals surface area (Å²) in [5, 5.41) is 11.2. The summed E-state index contributed by atoms with van der Waals surface area (Å²) in [6.45, 7) is 1.89. The Morgan fingerprint density at radius 3 is 2.46 bits per heavy atom. The maximum Gasteiger partial charge on any atom is 0.217 e. The van der Waals surface area contributed by atoms with Crippen LogP contribution in [0.5, 0.6) is 17.4 Å². The SMILES string of the molecule is Cc1cc(O)c2nc(Oc3[c-]c(C4=N[C@H]5c6ccccc6-c6ccccc6C[C@H]5O4)cc(-c4c(F)cccc4F)c3)ccc2c1.[Pt]. The van der Waals surface area contributed by atoms with E-state index >= 15 is 8.78 Å². The number of hydrogen-bond donors (Lipinski definition) is 1. The van der Waals surface area contributed by atoms with Crippen LogP contribution in [-0.4, -0.2) is 22.1 Å². The Balaban J connectivity index is 0.00000338. The van der Waals surface area contributed by atoms with Crippen LogP contribution in [-0.2, 0) is 32.2 Å². The summed E-state index contributed by atoms with van der Waals surface area (Å²) < 4.78 is 42.7. The predicted molar refractivity (Wildman–Crippen MR) is 169 cm³/mol. The molecule has 0 amide bonds. The number of aromatic hydroxyl groups is 1. The molecule has 2 atom stereocenters. The van der Waals surface area contributed by atoms with Crippen LogP contribution in [0.2, 0.25) is 0 Å². The van der Waals surface area contributed by atoms with E-state index in [0.717, 1.165) is 33.2 Å². The van der Waals surface area contributed by atoms with E-state index in [1.54, 1.807) is 24.3 Å². The van der Waals surface area contributed by atoms with Gasteiger partial charge in [0.05, 0.1) is 0 Å². The Morgan fingerprint density at radius 2 is 1.63 bits per heavy atom. The zero-order valence-corrected chi connectivity index (χ0v) is 26.7. The van der Waals surface area contributed by atoms with Gasteiger partial charge >= 0.3 is 0 Å². The van der Waals surface area contributed by atoms with Crippen molar-refractivity contribution in [3.05, 3.63) is 143 Å². The smallest absolute Gasteiger partial charge is 0.217 e. The first-order chi connectivity index (χ1) is 21.9. The Bertz CT molecular complexity index is 2160. The molecule has 0 fully saturated rings. The van der Waals surface area contributed by atoms with Crippen LogP contribution in [0.1, 0.15) is 28.3 Å². The number of rotatable bonds is 4. The van der Waals surface area contributed by atoms with Crippen molar-refractivity contribution in [3.8, 4) is 39.6 Å². The number of ether oxygens (including phenoxy) is 2. The molecule has 0 spiro atoms. The van der Waals surface area contributed by atoms with Gasteiger partial charge in [0.1, 0.15) is 40.9 Å². The van der Waals surface area contributed by atoms with Gasteiger partial charge in [-0.2, -0.15) is 0 Å². The Kier molecular flexibility index (Phi) is 7.65. The first kappa shape index (κ1) is 29.8. The molecule has 230 valence electrons. The predicted octanol–water partition coefficient (Wildman–Crippen LogP) is 8.89. The second-order valence-corrected chi connectivity index (χ2v) is 11.3. The topological polar surface area (TPSA) is 63.9 Å². The van der Waals surface area contributed by atoms with Gasteiger partial charge in [0.15, 0.2) is 0 Å². The van der Waals surface area contributed by atoms with Crippen LogP contribution in [0.15, 0.2) is 108 Å². The first-order valence-corrected chi connectivity index (χ1v) is 14.6. The van der Waals surface area contributed by atoms with Crippen LogP contribution in [0.3, 0.4) is 0 Å². The number of hydrogen-bond acceptors (Lipinski definition) is 5. The minimum Gasteiger partial charge on any atom is -0.514 e. The molecule has 5 aromatic carbocycles. The van der Waals surface area contributed by atoms with Crippen molar-refractivity contribution in [2.24, 2.45) is 4.99 Å². The molecular formula is C38H25F2N2O3Pt-. The van der Waals surface area contributed by atoms with Crippen molar-refractivity contribution in [1.82, 2.24) is 4.98 Å². The molecular weight excluding hydrogens is 766 g/mol. The summed E-state index contributed by atoms with van der Waals surface area (Å²) in [6, 6.07) is 33.2. The molecule has 2 heterocycles. The van der Waals surface area contributed by atoms with Crippen molar-refractivity contribution < 1.29 is 44.4 Å². The average molecular weight is 791 g/mol. The molecule has 1 aliphatic carbocycles. The maximum atomic E-state index is 15.1. The molecule has 8 rings (SSSR count). The number of aliphatic imine (C=N–C) groups is 1. The summed E-state index contributed by atoms with van der Waals surface area (Å²) in [5.41, 5.74) is 6.15. The van der Waals surface area contributed by atoms with Gasteiger partial charge in [0.25, 0.3) is 0 Å². The van der Waals surface area contributed by atoms with Gasteiger partial charge in [-0.15, -0.1) is 6.07 Å². The number of nitrogens with zero attached hydrogens (tertiary/aromatic N) is 2. The van der Waals surface area contributed by atoms with Gasteiger partial charge in [-0.1, -0.05) is 77.9 Å². The van der Waals surface area contributed by atoms with Gasteiger partial charge in [0, 0.05) is 50.3 Å². The fraction of sp³-hybridized carbons (Fsp3) is 0.105. The van der Waals surface area contributed by atoms with E-state index < -0.39 is 11.6 Å². The number of halogens is 2. The van der Waals surface area contributed by atoms with Gasteiger partial charge in [-0.25, -0.2) is 13.8 Å². The second kappa shape index (κ2) is 11.8. The molecule has 0 unspecified atom stereocenters. The normalized spacial score (nSPS) is 16.3. The number of pyridine rings is 1. The summed E-state index contributed by atoms with van der Waals surface area (Å²) in [6.07, 6.45) is 0.349. The molecule has 46 heavy (non-hydrogen) atoms. The third kappa shape index (κ3) is 5.25. The number of phenolic OH excluding ortho intramolecular Hbond substituents is 1. The van der Waals surface area contributed by atoms with E-state index in [4.69, 9.17) is 14.5 Å². The fourth-order valence-electron chi connectivity index (χ4n) is 6.33. The number of aromatic nitrogens is 1. The quantitative estimate of drug-likeness (QED) is 0.181.